The van der Waals surface area contributed by atoms with Crippen LogP contribution in [0.25, 0.3) is 137 Å². The average molecular weight is 888 g/mol. The van der Waals surface area contributed by atoms with Gasteiger partial charge in [-0.05, 0) is 181 Å². The maximum atomic E-state index is 2.52. The number of rotatable bonds is 4. The standard InChI is InChI=1S/C69H45N/c1-69(2)65-40-47(62-37-44-17-5-8-20-51(44)54-23-11-14-26-57(54)62)27-31-58(65)59-32-30-48(41-66(59)69)70-67-33-28-45(60-35-42-15-3-6-18-49(42)52-21-9-12-24-55(52)60)38-63(67)64-39-46(29-34-68(64)70)61-36-43-16-4-7-19-50(43)53-22-10-13-25-56(53)61/h3-41H,1-2H3. The minimum atomic E-state index is -0.225. The van der Waals surface area contributed by atoms with E-state index in [4.69, 9.17) is 0 Å². The van der Waals surface area contributed by atoms with Gasteiger partial charge < -0.3 is 4.57 Å². The lowest BCUT2D eigenvalue weighted by atomic mass is 9.81. The molecule has 1 aliphatic rings. The molecule has 0 aliphatic heterocycles. The Morgan fingerprint density at radius 2 is 0.600 bits per heavy atom. The van der Waals surface area contributed by atoms with Gasteiger partial charge in [0.15, 0.2) is 0 Å². The van der Waals surface area contributed by atoms with Crippen molar-refractivity contribution in [1.29, 1.82) is 0 Å². The van der Waals surface area contributed by atoms with Gasteiger partial charge in [0.05, 0.1) is 11.0 Å². The van der Waals surface area contributed by atoms with Crippen molar-refractivity contribution >= 4 is 86.4 Å². The minimum Gasteiger partial charge on any atom is -0.309 e. The Balaban J connectivity index is 0.931. The molecule has 1 aromatic heterocycles. The first-order chi connectivity index (χ1) is 34.5. The Hall–Kier alpha value is -8.78. The summed E-state index contributed by atoms with van der Waals surface area (Å²) in [5, 5.41) is 17.8. The summed E-state index contributed by atoms with van der Waals surface area (Å²) in [7, 11) is 0. The Morgan fingerprint density at radius 1 is 0.257 bits per heavy atom. The molecule has 13 aromatic carbocycles. The summed E-state index contributed by atoms with van der Waals surface area (Å²) in [6.45, 7) is 4.83. The van der Waals surface area contributed by atoms with Gasteiger partial charge in [-0.25, -0.2) is 0 Å². The minimum absolute atomic E-state index is 0.225. The third kappa shape index (κ3) is 5.61. The molecule has 0 amide bonds. The van der Waals surface area contributed by atoms with E-state index in [1.54, 1.807) is 0 Å². The fraction of sp³-hybridized carbons (Fsp3) is 0.0435. The molecule has 326 valence electrons. The Morgan fingerprint density at radius 3 is 1.04 bits per heavy atom. The van der Waals surface area contributed by atoms with Gasteiger partial charge in [-0.3, -0.25) is 0 Å². The predicted molar refractivity (Wildman–Crippen MR) is 300 cm³/mol. The number of fused-ring (bicyclic) bond motifs is 15. The smallest absolute Gasteiger partial charge is 0.0541 e. The van der Waals surface area contributed by atoms with Crippen molar-refractivity contribution in [3.8, 4) is 50.2 Å². The van der Waals surface area contributed by atoms with Crippen LogP contribution in [0.2, 0.25) is 0 Å². The van der Waals surface area contributed by atoms with Crippen molar-refractivity contribution in [3.63, 3.8) is 0 Å². The molecule has 0 spiro atoms. The largest absolute Gasteiger partial charge is 0.309 e. The topological polar surface area (TPSA) is 4.93 Å². The van der Waals surface area contributed by atoms with Gasteiger partial charge in [0, 0.05) is 21.9 Å². The number of nitrogens with zero attached hydrogens (tertiary/aromatic N) is 1. The number of benzene rings is 13. The molecule has 0 bridgehead atoms. The van der Waals surface area contributed by atoms with Crippen molar-refractivity contribution in [1.82, 2.24) is 4.57 Å². The zero-order valence-corrected chi connectivity index (χ0v) is 39.0. The predicted octanol–water partition coefficient (Wildman–Crippen LogP) is 19.0. The highest BCUT2D eigenvalue weighted by atomic mass is 15.0. The van der Waals surface area contributed by atoms with E-state index < -0.39 is 0 Å². The molecule has 1 aliphatic carbocycles. The van der Waals surface area contributed by atoms with Crippen LogP contribution in [0.5, 0.6) is 0 Å². The first kappa shape index (κ1) is 39.2. The van der Waals surface area contributed by atoms with Crippen LogP contribution in [0.3, 0.4) is 0 Å². The molecule has 0 saturated heterocycles. The number of hydrogen-bond acceptors (Lipinski definition) is 0. The summed E-state index contributed by atoms with van der Waals surface area (Å²) >= 11 is 0. The molecule has 0 unspecified atom stereocenters. The molecule has 14 aromatic rings. The van der Waals surface area contributed by atoms with E-state index >= 15 is 0 Å². The third-order valence-electron chi connectivity index (χ3n) is 15.9. The zero-order valence-electron chi connectivity index (χ0n) is 39.0. The highest BCUT2D eigenvalue weighted by Gasteiger charge is 2.36. The van der Waals surface area contributed by atoms with Crippen molar-refractivity contribution in [2.45, 2.75) is 19.3 Å². The lowest BCUT2D eigenvalue weighted by Gasteiger charge is -2.23. The second kappa shape index (κ2) is 14.6. The van der Waals surface area contributed by atoms with Crippen LogP contribution in [-0.2, 0) is 5.41 Å². The van der Waals surface area contributed by atoms with Crippen molar-refractivity contribution in [2.24, 2.45) is 0 Å². The summed E-state index contributed by atoms with van der Waals surface area (Å²) in [5.41, 5.74) is 16.2. The highest BCUT2D eigenvalue weighted by molar-refractivity contribution is 6.19. The molecule has 1 heteroatoms. The fourth-order valence-electron chi connectivity index (χ4n) is 12.5. The van der Waals surface area contributed by atoms with E-state index in [0.29, 0.717) is 0 Å². The van der Waals surface area contributed by atoms with E-state index in [1.807, 2.05) is 0 Å². The summed E-state index contributed by atoms with van der Waals surface area (Å²) in [4.78, 5) is 0. The molecule has 0 atom stereocenters. The summed E-state index contributed by atoms with van der Waals surface area (Å²) in [5.74, 6) is 0. The van der Waals surface area contributed by atoms with Crippen molar-refractivity contribution < 1.29 is 0 Å². The normalized spacial score (nSPS) is 13.1. The molecule has 0 radical (unpaired) electrons. The van der Waals surface area contributed by atoms with Gasteiger partial charge in [-0.15, -0.1) is 0 Å². The van der Waals surface area contributed by atoms with Crippen molar-refractivity contribution in [3.05, 3.63) is 248 Å². The lowest BCUT2D eigenvalue weighted by molar-refractivity contribution is 0.660. The summed E-state index contributed by atoms with van der Waals surface area (Å²) in [6.07, 6.45) is 0. The summed E-state index contributed by atoms with van der Waals surface area (Å²) in [6, 6.07) is 88.9. The molecule has 70 heavy (non-hydrogen) atoms. The van der Waals surface area contributed by atoms with Crippen molar-refractivity contribution in [2.75, 3.05) is 0 Å². The first-order valence-electron chi connectivity index (χ1n) is 24.6. The fourth-order valence-corrected chi connectivity index (χ4v) is 12.5. The second-order valence-corrected chi connectivity index (χ2v) is 20.0. The van der Waals surface area contributed by atoms with Crippen LogP contribution < -0.4 is 0 Å². The van der Waals surface area contributed by atoms with E-state index in [2.05, 4.69) is 255 Å². The highest BCUT2D eigenvalue weighted by Crippen LogP contribution is 2.52. The zero-order chi connectivity index (χ0) is 46.2. The maximum Gasteiger partial charge on any atom is 0.0541 e. The van der Waals surface area contributed by atoms with E-state index in [0.717, 1.165) is 0 Å². The molecular weight excluding hydrogens is 843 g/mol. The molecule has 0 N–H and O–H groups in total. The van der Waals surface area contributed by atoms with E-state index in [-0.39, 0.29) is 5.41 Å². The van der Waals surface area contributed by atoms with Crippen LogP contribution in [0, 0.1) is 0 Å². The third-order valence-corrected chi connectivity index (χ3v) is 15.9. The van der Waals surface area contributed by atoms with E-state index in [9.17, 15) is 0 Å². The average Bonchev–Trinajstić information content (AvgIpc) is 3.86. The Kier molecular flexibility index (Phi) is 8.19. The molecular formula is C69H45N. The van der Waals surface area contributed by atoms with Crippen LogP contribution in [0.1, 0.15) is 25.0 Å². The first-order valence-corrected chi connectivity index (χ1v) is 24.6. The van der Waals surface area contributed by atoms with Gasteiger partial charge in [0.2, 0.25) is 0 Å². The molecule has 0 fully saturated rings. The molecule has 0 saturated carbocycles. The SMILES string of the molecule is CC1(C)c2cc(-c3cc4ccccc4c4ccccc34)ccc2-c2ccc(-n3c4ccc(-c5cc6ccccc6c6ccccc56)cc4c4cc(-c5cc6ccccc6c6ccccc56)ccc43)cc21. The molecule has 1 heterocycles. The second-order valence-electron chi connectivity index (χ2n) is 20.0. The number of hydrogen-bond donors (Lipinski definition) is 0. The van der Waals surface area contributed by atoms with Crippen LogP contribution in [-0.4, -0.2) is 4.57 Å². The van der Waals surface area contributed by atoms with Crippen LogP contribution >= 0.6 is 0 Å². The Labute approximate surface area is 406 Å². The molecule has 1 nitrogen and oxygen atoms in total. The number of aromatic nitrogens is 1. The van der Waals surface area contributed by atoms with Crippen LogP contribution in [0.4, 0.5) is 0 Å². The van der Waals surface area contributed by atoms with Gasteiger partial charge >= 0.3 is 0 Å². The quantitative estimate of drug-likeness (QED) is 0.155. The van der Waals surface area contributed by atoms with Gasteiger partial charge in [0.1, 0.15) is 0 Å². The van der Waals surface area contributed by atoms with Gasteiger partial charge in [0.25, 0.3) is 0 Å². The Bertz CT molecular complexity index is 4390. The lowest BCUT2D eigenvalue weighted by Crippen LogP contribution is -2.15. The van der Waals surface area contributed by atoms with Gasteiger partial charge in [-0.2, -0.15) is 0 Å². The van der Waals surface area contributed by atoms with E-state index in [1.165, 1.54) is 148 Å². The molecule has 15 rings (SSSR count). The summed E-state index contributed by atoms with van der Waals surface area (Å²) < 4.78 is 2.52. The monoisotopic (exact) mass is 887 g/mol. The van der Waals surface area contributed by atoms with Gasteiger partial charge in [-0.1, -0.05) is 190 Å². The maximum absolute atomic E-state index is 2.52. The van der Waals surface area contributed by atoms with Crippen LogP contribution in [0.15, 0.2) is 237 Å².